The average molecular weight is 849 g/mol. The van der Waals surface area contributed by atoms with Crippen LogP contribution in [0.2, 0.25) is 0 Å². The number of esters is 3. The lowest BCUT2D eigenvalue weighted by atomic mass is 10.1. The molecule has 1 atom stereocenters. The van der Waals surface area contributed by atoms with Crippen LogP contribution in [-0.2, 0) is 28.6 Å². The Hall–Kier alpha value is -3.41. The molecule has 0 amide bonds. The molecule has 0 radical (unpaired) electrons. The molecule has 0 aliphatic rings. The van der Waals surface area contributed by atoms with Crippen LogP contribution in [0.4, 0.5) is 0 Å². The number of unbranched alkanes of at least 4 members (excludes halogenated alkanes) is 19. The highest BCUT2D eigenvalue weighted by atomic mass is 16.6. The van der Waals surface area contributed by atoms with Crippen LogP contribution in [-0.4, -0.2) is 37.2 Å². The fourth-order valence-corrected chi connectivity index (χ4v) is 6.64. The van der Waals surface area contributed by atoms with E-state index < -0.39 is 6.10 Å². The third-order valence-corrected chi connectivity index (χ3v) is 10.4. The molecule has 0 aliphatic carbocycles. The van der Waals surface area contributed by atoms with Crippen molar-refractivity contribution in [3.05, 3.63) is 85.1 Å². The molecule has 0 saturated carbocycles. The first-order valence-electron chi connectivity index (χ1n) is 25.1. The molecule has 6 nitrogen and oxygen atoms in total. The van der Waals surface area contributed by atoms with Crippen molar-refractivity contribution in [2.75, 3.05) is 13.2 Å². The van der Waals surface area contributed by atoms with Crippen LogP contribution in [0.3, 0.4) is 0 Å². The molecule has 0 aromatic heterocycles. The second-order valence-corrected chi connectivity index (χ2v) is 16.3. The summed E-state index contributed by atoms with van der Waals surface area (Å²) in [5, 5.41) is 0. The van der Waals surface area contributed by atoms with Gasteiger partial charge in [-0.15, -0.1) is 0 Å². The zero-order chi connectivity index (χ0) is 44.4. The van der Waals surface area contributed by atoms with Crippen LogP contribution in [0.5, 0.6) is 0 Å². The summed E-state index contributed by atoms with van der Waals surface area (Å²) in [5.41, 5.74) is 0. The molecule has 0 fully saturated rings. The summed E-state index contributed by atoms with van der Waals surface area (Å²) in [6.45, 7) is 6.38. The molecule has 0 rings (SSSR count). The Kier molecular flexibility index (Phi) is 46.5. The number of carbonyl (C=O) groups is 3. The van der Waals surface area contributed by atoms with Gasteiger partial charge in [0.1, 0.15) is 13.2 Å². The highest BCUT2D eigenvalue weighted by molar-refractivity contribution is 5.71. The maximum Gasteiger partial charge on any atom is 0.306 e. The topological polar surface area (TPSA) is 78.9 Å². The van der Waals surface area contributed by atoms with Crippen LogP contribution in [0.25, 0.3) is 0 Å². The van der Waals surface area contributed by atoms with Crippen molar-refractivity contribution in [2.24, 2.45) is 0 Å². The minimum Gasteiger partial charge on any atom is -0.462 e. The Morgan fingerprint density at radius 2 is 0.672 bits per heavy atom. The normalized spacial score (nSPS) is 12.8. The van der Waals surface area contributed by atoms with Gasteiger partial charge < -0.3 is 14.2 Å². The number of carbonyl (C=O) groups excluding carboxylic acids is 3. The molecule has 0 aromatic rings. The van der Waals surface area contributed by atoms with Crippen LogP contribution < -0.4 is 0 Å². The summed E-state index contributed by atoms with van der Waals surface area (Å²) >= 11 is 0. The summed E-state index contributed by atoms with van der Waals surface area (Å²) in [5.74, 6) is -1.01. The van der Waals surface area contributed by atoms with E-state index >= 15 is 0 Å². The van der Waals surface area contributed by atoms with E-state index in [1.54, 1.807) is 0 Å². The smallest absolute Gasteiger partial charge is 0.306 e. The lowest BCUT2D eigenvalue weighted by molar-refractivity contribution is -0.166. The molecule has 0 aliphatic heterocycles. The van der Waals surface area contributed by atoms with E-state index in [0.717, 1.165) is 77.0 Å². The van der Waals surface area contributed by atoms with E-state index in [1.165, 1.54) is 103 Å². The van der Waals surface area contributed by atoms with Gasteiger partial charge in [0.25, 0.3) is 0 Å². The van der Waals surface area contributed by atoms with Gasteiger partial charge in [0.2, 0.25) is 0 Å². The van der Waals surface area contributed by atoms with Gasteiger partial charge in [-0.1, -0.05) is 209 Å². The third kappa shape index (κ3) is 47.5. The van der Waals surface area contributed by atoms with Gasteiger partial charge in [-0.05, 0) is 83.5 Å². The first kappa shape index (κ1) is 57.6. The number of hydrogen-bond donors (Lipinski definition) is 0. The molecule has 0 heterocycles. The molecule has 0 N–H and O–H groups in total. The lowest BCUT2D eigenvalue weighted by Crippen LogP contribution is -2.30. The number of hydrogen-bond acceptors (Lipinski definition) is 6. The Morgan fingerprint density at radius 1 is 0.344 bits per heavy atom. The van der Waals surface area contributed by atoms with E-state index in [-0.39, 0.29) is 37.5 Å². The molecular weight excluding hydrogens is 757 g/mol. The molecular formula is C55H92O6. The van der Waals surface area contributed by atoms with E-state index in [9.17, 15) is 14.4 Å². The van der Waals surface area contributed by atoms with Crippen LogP contribution >= 0.6 is 0 Å². The number of allylic oxidation sites excluding steroid dienone is 14. The fourth-order valence-electron chi connectivity index (χ4n) is 6.64. The summed E-state index contributed by atoms with van der Waals surface area (Å²) in [6.07, 6.45) is 63.2. The number of ether oxygens (including phenoxy) is 3. The van der Waals surface area contributed by atoms with Gasteiger partial charge >= 0.3 is 17.9 Å². The Morgan fingerprint density at radius 3 is 1.10 bits per heavy atom. The molecule has 0 bridgehead atoms. The van der Waals surface area contributed by atoms with Crippen molar-refractivity contribution in [1.82, 2.24) is 0 Å². The van der Waals surface area contributed by atoms with Crippen molar-refractivity contribution in [3.8, 4) is 0 Å². The molecule has 0 saturated heterocycles. The van der Waals surface area contributed by atoms with E-state index in [1.807, 2.05) is 12.2 Å². The molecule has 0 spiro atoms. The Balaban J connectivity index is 4.36. The fraction of sp³-hybridized carbons (Fsp3) is 0.691. The minimum absolute atomic E-state index is 0.102. The van der Waals surface area contributed by atoms with Gasteiger partial charge in [0.05, 0.1) is 0 Å². The van der Waals surface area contributed by atoms with E-state index in [4.69, 9.17) is 14.2 Å². The summed E-state index contributed by atoms with van der Waals surface area (Å²) in [6, 6.07) is 0. The summed E-state index contributed by atoms with van der Waals surface area (Å²) in [4.78, 5) is 37.7. The maximum absolute atomic E-state index is 12.7. The monoisotopic (exact) mass is 849 g/mol. The standard InChI is InChI=1S/C55H92O6/c1-4-7-10-13-16-18-20-22-24-26-28-30-31-33-35-37-39-42-45-48-54(57)60-51-52(50-59-53(56)47-44-41-15-12-9-6-3)61-55(58)49-46-43-40-38-36-34-32-29-27-25-23-21-19-17-14-11-8-5-2/h7,10,16,18,22,24-25,27-28,30,33,35,39,42,52H,4-6,8-9,11-15,17,19-21,23,26,29,31-32,34,36-38,40-41,43-51H2,1-3H3/b10-7-,18-16-,24-22-,27-25-,30-28-,35-33-,42-39-. The molecule has 0 aromatic carbocycles. The Bertz CT molecular complexity index is 1200. The van der Waals surface area contributed by atoms with E-state index in [0.29, 0.717) is 19.3 Å². The second-order valence-electron chi connectivity index (χ2n) is 16.3. The van der Waals surface area contributed by atoms with Crippen molar-refractivity contribution < 1.29 is 28.6 Å². The average Bonchev–Trinajstić information content (AvgIpc) is 3.26. The highest BCUT2D eigenvalue weighted by Gasteiger charge is 2.19. The SMILES string of the molecule is CC/C=C\C/C=C\C/C=C\C/C=C\C/C=C\C/C=C\CCC(=O)OCC(COC(=O)CCCCCCCC)OC(=O)CCCCCCCCC/C=C\CCCCCCCCC. The zero-order valence-electron chi connectivity index (χ0n) is 39.7. The van der Waals surface area contributed by atoms with Crippen LogP contribution in [0.1, 0.15) is 226 Å². The summed E-state index contributed by atoms with van der Waals surface area (Å²) in [7, 11) is 0. The Labute approximate surface area is 375 Å². The van der Waals surface area contributed by atoms with E-state index in [2.05, 4.69) is 93.7 Å². The largest absolute Gasteiger partial charge is 0.462 e. The third-order valence-electron chi connectivity index (χ3n) is 10.4. The quantitative estimate of drug-likeness (QED) is 0.0263. The molecule has 61 heavy (non-hydrogen) atoms. The van der Waals surface area contributed by atoms with Crippen molar-refractivity contribution in [1.29, 1.82) is 0 Å². The van der Waals surface area contributed by atoms with Gasteiger partial charge in [-0.2, -0.15) is 0 Å². The zero-order valence-corrected chi connectivity index (χ0v) is 39.7. The van der Waals surface area contributed by atoms with Gasteiger partial charge in [-0.3, -0.25) is 14.4 Å². The second kappa shape index (κ2) is 49.2. The maximum atomic E-state index is 12.7. The van der Waals surface area contributed by atoms with Crippen molar-refractivity contribution in [2.45, 2.75) is 232 Å². The van der Waals surface area contributed by atoms with Gasteiger partial charge in [0.15, 0.2) is 6.10 Å². The van der Waals surface area contributed by atoms with Gasteiger partial charge in [0, 0.05) is 19.3 Å². The first-order chi connectivity index (χ1) is 30.0. The molecule has 348 valence electrons. The highest BCUT2D eigenvalue weighted by Crippen LogP contribution is 2.13. The predicted molar refractivity (Wildman–Crippen MR) is 261 cm³/mol. The van der Waals surface area contributed by atoms with Crippen molar-refractivity contribution in [3.63, 3.8) is 0 Å². The number of rotatable bonds is 44. The summed E-state index contributed by atoms with van der Waals surface area (Å²) < 4.78 is 16.6. The molecule has 6 heteroatoms. The van der Waals surface area contributed by atoms with Crippen LogP contribution in [0.15, 0.2) is 85.1 Å². The molecule has 1 unspecified atom stereocenters. The van der Waals surface area contributed by atoms with Crippen molar-refractivity contribution >= 4 is 17.9 Å². The lowest BCUT2D eigenvalue weighted by Gasteiger charge is -2.18. The predicted octanol–water partition coefficient (Wildman–Crippen LogP) is 16.4. The van der Waals surface area contributed by atoms with Crippen LogP contribution in [0, 0.1) is 0 Å². The van der Waals surface area contributed by atoms with Gasteiger partial charge in [-0.25, -0.2) is 0 Å². The first-order valence-corrected chi connectivity index (χ1v) is 25.1. The minimum atomic E-state index is -0.805.